The van der Waals surface area contributed by atoms with Crippen LogP contribution in [-0.4, -0.2) is 29.9 Å². The van der Waals surface area contributed by atoms with Crippen LogP contribution < -0.4 is 0 Å². The number of halogens is 1. The summed E-state index contributed by atoms with van der Waals surface area (Å²) in [5.74, 6) is -0.483. The number of carboxylic acids is 1. The number of hydrogen-bond donors (Lipinski definition) is 1. The van der Waals surface area contributed by atoms with Crippen LogP contribution in [-0.2, 0) is 4.79 Å². The predicted molar refractivity (Wildman–Crippen MR) is 141 cm³/mol. The van der Waals surface area contributed by atoms with Crippen molar-refractivity contribution < 1.29 is 9.90 Å². The van der Waals surface area contributed by atoms with E-state index in [-0.39, 0.29) is 12.4 Å². The summed E-state index contributed by atoms with van der Waals surface area (Å²) < 4.78 is 4.64. The fourth-order valence-electron chi connectivity index (χ4n) is 4.80. The molecule has 4 heteroatoms. The molecule has 0 aromatic carbocycles. The van der Waals surface area contributed by atoms with E-state index in [1.807, 2.05) is 0 Å². The molecule has 184 valence electrons. The third kappa shape index (κ3) is 20.5. The van der Waals surface area contributed by atoms with Crippen molar-refractivity contribution in [3.63, 3.8) is 0 Å². The molecule has 0 bridgehead atoms. The largest absolute Gasteiger partial charge is 0.147 e. The first-order chi connectivity index (χ1) is 14.1. The van der Waals surface area contributed by atoms with Crippen molar-refractivity contribution >= 4 is 37.2 Å². The fraction of sp³-hybridized carbons (Fsp3) is 0.962. The molecule has 0 rings (SSSR count). The third-order valence-electron chi connectivity index (χ3n) is 6.71. The van der Waals surface area contributed by atoms with Crippen LogP contribution in [0.3, 0.4) is 0 Å². The first-order valence-corrected chi connectivity index (χ1v) is 21.4. The van der Waals surface area contributed by atoms with Crippen LogP contribution in [0.1, 0.15) is 136 Å². The van der Waals surface area contributed by atoms with E-state index in [2.05, 4.69) is 20.8 Å². The average molecular weight is 558 g/mol. The van der Waals surface area contributed by atoms with Crippen LogP contribution in [0, 0.1) is 0 Å². The Bertz CT molecular complexity index is 322. The summed E-state index contributed by atoms with van der Waals surface area (Å²) in [5.41, 5.74) is 0. The molecule has 0 radical (unpaired) electrons. The summed E-state index contributed by atoms with van der Waals surface area (Å²) in [6.45, 7) is 6.82. The molecule has 0 aliphatic rings. The number of hydrogen-bond acceptors (Lipinski definition) is 1. The zero-order valence-electron chi connectivity index (χ0n) is 20.8. The van der Waals surface area contributed by atoms with Crippen LogP contribution in [0.4, 0.5) is 0 Å². The molecule has 2 nitrogen and oxygen atoms in total. The van der Waals surface area contributed by atoms with Gasteiger partial charge in [0, 0.05) is 0 Å². The summed E-state index contributed by atoms with van der Waals surface area (Å²) in [7, 11) is 0. The predicted octanol–water partition coefficient (Wildman–Crippen LogP) is 9.76. The first kappa shape index (κ1) is 32.8. The van der Waals surface area contributed by atoms with Gasteiger partial charge in [-0.2, -0.15) is 0 Å². The molecule has 0 aliphatic heterocycles. The zero-order chi connectivity index (χ0) is 21.6. The number of unbranched alkanes of at least 4 members (excludes halogenated alkanes) is 15. The van der Waals surface area contributed by atoms with Gasteiger partial charge >= 0.3 is 188 Å². The van der Waals surface area contributed by atoms with E-state index in [9.17, 15) is 9.90 Å². The smallest absolute Gasteiger partial charge is 0.147 e. The van der Waals surface area contributed by atoms with Crippen molar-refractivity contribution in [2.75, 3.05) is 0 Å². The van der Waals surface area contributed by atoms with Crippen molar-refractivity contribution in [1.29, 1.82) is 0 Å². The fourth-order valence-corrected chi connectivity index (χ4v) is 18.8. The molecular weight excluding hydrogens is 501 g/mol. The minimum Gasteiger partial charge on any atom is -0.147 e. The summed E-state index contributed by atoms with van der Waals surface area (Å²) in [5, 5.41) is 9.72. The van der Waals surface area contributed by atoms with Gasteiger partial charge in [-0.3, -0.25) is 0 Å². The van der Waals surface area contributed by atoms with Gasteiger partial charge in [0.15, 0.2) is 0 Å². The third-order valence-corrected chi connectivity index (χ3v) is 21.8. The van der Waals surface area contributed by atoms with E-state index in [0.717, 1.165) is 0 Å². The minimum atomic E-state index is -2.55. The molecule has 0 saturated heterocycles. The Kier molecular flexibility index (Phi) is 26.5. The normalized spacial score (nSPS) is 12.0. The standard InChI is InChI=1S/3C8H17.C2H3O2.ClH.Sb.H/c3*1-3-5-7-8-6-4-2;1-2(3)4;;;/h3*1,3-8H2,2H3;1H2,(H,3,4);1H;;. The molecule has 0 heterocycles. The number of carboxylic acid groups (broad SMARTS) is 1. The number of rotatable bonds is 23. The van der Waals surface area contributed by atoms with Crippen LogP contribution >= 0.6 is 12.4 Å². The molecule has 0 atom stereocenters. The van der Waals surface area contributed by atoms with Gasteiger partial charge in [-0.1, -0.05) is 0 Å². The average Bonchev–Trinajstić information content (AvgIpc) is 2.69. The van der Waals surface area contributed by atoms with Gasteiger partial charge in [0.2, 0.25) is 0 Å². The summed E-state index contributed by atoms with van der Waals surface area (Å²) >= 11 is -2.55. The van der Waals surface area contributed by atoms with Crippen molar-refractivity contribution in [3.8, 4) is 0 Å². The Morgan fingerprint density at radius 3 is 1.07 bits per heavy atom. The van der Waals surface area contributed by atoms with Crippen molar-refractivity contribution in [2.45, 2.75) is 154 Å². The van der Waals surface area contributed by atoms with Crippen molar-refractivity contribution in [2.24, 2.45) is 0 Å². The quantitative estimate of drug-likeness (QED) is 0.100. The Morgan fingerprint density at radius 1 is 0.533 bits per heavy atom. The second kappa shape index (κ2) is 24.2. The molecule has 0 fully saturated rings. The molecule has 0 unspecified atom stereocenters. The summed E-state index contributed by atoms with van der Waals surface area (Å²) in [6, 6.07) is 0. The molecule has 0 aliphatic carbocycles. The SMILES string of the molecule is CCCCCCC[CH2][SbH]([CH2]CCCCCCC)([CH2]CCCCCCC)[CH2]C(=O)O.Cl. The maximum absolute atomic E-state index is 11.8. The van der Waals surface area contributed by atoms with E-state index in [1.165, 1.54) is 129 Å². The maximum Gasteiger partial charge on any atom is -0.147 e. The molecule has 30 heavy (non-hydrogen) atoms. The van der Waals surface area contributed by atoms with Gasteiger partial charge < -0.3 is 0 Å². The zero-order valence-corrected chi connectivity index (χ0v) is 24.5. The van der Waals surface area contributed by atoms with Gasteiger partial charge in [0.1, 0.15) is 0 Å². The van der Waals surface area contributed by atoms with Gasteiger partial charge in [-0.05, 0) is 0 Å². The number of carbonyl (C=O) groups is 1. The topological polar surface area (TPSA) is 37.3 Å². The van der Waals surface area contributed by atoms with Gasteiger partial charge in [0.25, 0.3) is 0 Å². The van der Waals surface area contributed by atoms with E-state index >= 15 is 0 Å². The van der Waals surface area contributed by atoms with Crippen LogP contribution in [0.25, 0.3) is 0 Å². The van der Waals surface area contributed by atoms with E-state index in [4.69, 9.17) is 0 Å². The van der Waals surface area contributed by atoms with Crippen molar-refractivity contribution in [3.05, 3.63) is 0 Å². The van der Waals surface area contributed by atoms with E-state index in [1.54, 1.807) is 0 Å². The molecule has 0 spiro atoms. The van der Waals surface area contributed by atoms with E-state index < -0.39 is 24.8 Å². The summed E-state index contributed by atoms with van der Waals surface area (Å²) in [4.78, 5) is 11.8. The maximum atomic E-state index is 11.8. The van der Waals surface area contributed by atoms with Crippen molar-refractivity contribution in [1.82, 2.24) is 0 Å². The van der Waals surface area contributed by atoms with Crippen LogP contribution in [0.5, 0.6) is 0 Å². The molecule has 0 aromatic rings. The second-order valence-corrected chi connectivity index (χ2v) is 23.5. The van der Waals surface area contributed by atoms with Gasteiger partial charge in [-0.25, -0.2) is 0 Å². The van der Waals surface area contributed by atoms with E-state index in [0.29, 0.717) is 4.37 Å². The molecule has 1 N–H and O–H groups in total. The Balaban J connectivity index is 0. The second-order valence-electron chi connectivity index (χ2n) is 9.62. The Morgan fingerprint density at radius 2 is 0.800 bits per heavy atom. The minimum absolute atomic E-state index is 0. The molecule has 0 aromatic heterocycles. The summed E-state index contributed by atoms with van der Waals surface area (Å²) in [6.07, 6.45) is 24.1. The van der Waals surface area contributed by atoms with Crippen LogP contribution in [0.15, 0.2) is 0 Å². The molecular formula is C26H56ClO2Sb. The Hall–Kier alpha value is 0.578. The van der Waals surface area contributed by atoms with Crippen LogP contribution in [0.2, 0.25) is 17.5 Å². The van der Waals surface area contributed by atoms with Gasteiger partial charge in [0.05, 0.1) is 0 Å². The van der Waals surface area contributed by atoms with Gasteiger partial charge in [-0.15, -0.1) is 12.4 Å². The first-order valence-electron chi connectivity index (χ1n) is 13.3. The Labute approximate surface area is 200 Å². The molecule has 0 saturated carbocycles. The number of aliphatic carboxylic acids is 1. The molecule has 0 amide bonds. The monoisotopic (exact) mass is 556 g/mol.